The van der Waals surface area contributed by atoms with Crippen molar-refractivity contribution >= 4 is 27.5 Å². The van der Waals surface area contributed by atoms with Crippen LogP contribution < -0.4 is 10.6 Å². The van der Waals surface area contributed by atoms with Gasteiger partial charge in [0, 0.05) is 12.2 Å². The van der Waals surface area contributed by atoms with Gasteiger partial charge in [0.25, 0.3) is 0 Å². The first-order valence-corrected chi connectivity index (χ1v) is 11.8. The predicted octanol–water partition coefficient (Wildman–Crippen LogP) is 2.83. The lowest BCUT2D eigenvalue weighted by Crippen LogP contribution is -2.47. The monoisotopic (exact) mass is 443 g/mol. The zero-order chi connectivity index (χ0) is 22.8. The Morgan fingerprint density at radius 2 is 1.61 bits per heavy atom. The summed E-state index contributed by atoms with van der Waals surface area (Å²) in [7, 11) is -3.78. The molecule has 0 radical (unpaired) electrons. The minimum atomic E-state index is -3.78. The summed E-state index contributed by atoms with van der Waals surface area (Å²) >= 11 is 0. The van der Waals surface area contributed by atoms with Crippen LogP contribution in [0.5, 0.6) is 0 Å². The third-order valence-electron chi connectivity index (χ3n) is 5.50. The minimum Gasteiger partial charge on any atom is -0.346 e. The lowest BCUT2D eigenvalue weighted by molar-refractivity contribution is -0.126. The van der Waals surface area contributed by atoms with Crippen LogP contribution in [0, 0.1) is 27.7 Å². The molecule has 31 heavy (non-hydrogen) atoms. The summed E-state index contributed by atoms with van der Waals surface area (Å²) in [6.07, 6.45) is 1.02. The van der Waals surface area contributed by atoms with E-state index in [1.807, 2.05) is 39.8 Å². The van der Waals surface area contributed by atoms with Gasteiger partial charge in [0.1, 0.15) is 6.04 Å². The molecule has 2 aromatic carbocycles. The number of nitrogens with one attached hydrogen (secondary N) is 2. The summed E-state index contributed by atoms with van der Waals surface area (Å²) in [6, 6.07) is 9.72. The molecule has 7 nitrogen and oxygen atoms in total. The molecule has 1 aliphatic rings. The van der Waals surface area contributed by atoms with Crippen molar-refractivity contribution in [3.05, 3.63) is 58.7 Å². The molecule has 0 aromatic heterocycles. The van der Waals surface area contributed by atoms with Gasteiger partial charge in [-0.1, -0.05) is 35.4 Å². The molecule has 3 rings (SSSR count). The summed E-state index contributed by atoms with van der Waals surface area (Å²) in [6.45, 7) is 7.76. The van der Waals surface area contributed by atoms with Gasteiger partial charge in [-0.15, -0.1) is 0 Å². The highest BCUT2D eigenvalue weighted by Gasteiger charge is 2.39. The molecular formula is C23H29N3O4S. The fraction of sp³-hybridized carbons (Fsp3) is 0.391. The van der Waals surface area contributed by atoms with Crippen LogP contribution in [0.2, 0.25) is 0 Å². The normalized spacial score (nSPS) is 16.8. The van der Waals surface area contributed by atoms with Gasteiger partial charge in [-0.05, 0) is 63.8 Å². The van der Waals surface area contributed by atoms with Gasteiger partial charge in [-0.2, -0.15) is 4.31 Å². The number of anilines is 1. The highest BCUT2D eigenvalue weighted by molar-refractivity contribution is 7.89. The Bertz CT molecular complexity index is 1070. The second kappa shape index (κ2) is 9.20. The van der Waals surface area contributed by atoms with Crippen molar-refractivity contribution in [2.24, 2.45) is 0 Å². The second-order valence-electron chi connectivity index (χ2n) is 8.13. The van der Waals surface area contributed by atoms with Crippen LogP contribution >= 0.6 is 0 Å². The summed E-state index contributed by atoms with van der Waals surface area (Å²) < 4.78 is 27.3. The van der Waals surface area contributed by atoms with Crippen LogP contribution in [0.3, 0.4) is 0 Å². The highest BCUT2D eigenvalue weighted by atomic mass is 32.2. The van der Waals surface area contributed by atoms with Crippen LogP contribution in [0.4, 0.5) is 5.69 Å². The summed E-state index contributed by atoms with van der Waals surface area (Å²) in [5.74, 6) is -0.810. The molecule has 1 aliphatic heterocycles. The first-order chi connectivity index (χ1) is 14.6. The first-order valence-electron chi connectivity index (χ1n) is 10.3. The summed E-state index contributed by atoms with van der Waals surface area (Å²) in [4.78, 5) is 25.3. The molecule has 0 bridgehead atoms. The number of benzene rings is 2. The third-order valence-corrected chi connectivity index (χ3v) is 7.42. The largest absolute Gasteiger partial charge is 0.346 e. The van der Waals surface area contributed by atoms with Crippen LogP contribution in [0.1, 0.15) is 35.1 Å². The van der Waals surface area contributed by atoms with E-state index in [-0.39, 0.29) is 23.9 Å². The number of carbonyl (C=O) groups excluding carboxylic acids is 2. The minimum absolute atomic E-state index is 0.167. The molecule has 1 heterocycles. The van der Waals surface area contributed by atoms with Crippen molar-refractivity contribution in [3.8, 4) is 0 Å². The molecular weight excluding hydrogens is 414 g/mol. The topological polar surface area (TPSA) is 95.6 Å². The van der Waals surface area contributed by atoms with Gasteiger partial charge >= 0.3 is 0 Å². The zero-order valence-electron chi connectivity index (χ0n) is 18.4. The van der Waals surface area contributed by atoms with Crippen molar-refractivity contribution in [2.75, 3.05) is 18.4 Å². The number of amides is 2. The fourth-order valence-corrected chi connectivity index (χ4v) is 5.64. The maximum absolute atomic E-state index is 13.0. The lowest BCUT2D eigenvalue weighted by Gasteiger charge is -2.23. The first kappa shape index (κ1) is 23.0. The Kier molecular flexibility index (Phi) is 6.81. The van der Waals surface area contributed by atoms with E-state index < -0.39 is 22.0 Å². The van der Waals surface area contributed by atoms with E-state index >= 15 is 0 Å². The molecule has 0 saturated carbocycles. The average molecular weight is 444 g/mol. The molecule has 166 valence electrons. The number of sulfonamides is 1. The van der Waals surface area contributed by atoms with E-state index in [1.165, 1.54) is 4.31 Å². The number of carbonyl (C=O) groups is 2. The Labute approximate surface area is 183 Å². The van der Waals surface area contributed by atoms with Gasteiger partial charge in [0.05, 0.1) is 11.4 Å². The molecule has 2 aromatic rings. The third kappa shape index (κ3) is 5.14. The van der Waals surface area contributed by atoms with Crippen molar-refractivity contribution in [1.82, 2.24) is 9.62 Å². The molecule has 1 saturated heterocycles. The molecule has 0 spiro atoms. The standard InChI is InChI=1S/C23H29N3O4S/c1-15-7-9-19(10-8-15)31(29,30)26-11-5-6-20(26)23(28)24-14-21(27)25-22-17(3)12-16(2)13-18(22)4/h7-10,12-13,20H,5-6,11,14H2,1-4H3,(H,24,28)(H,25,27). The van der Waals surface area contributed by atoms with Gasteiger partial charge in [0.2, 0.25) is 21.8 Å². The molecule has 8 heteroatoms. The smallest absolute Gasteiger partial charge is 0.243 e. The number of nitrogens with zero attached hydrogens (tertiary/aromatic N) is 1. The zero-order valence-corrected chi connectivity index (χ0v) is 19.2. The van der Waals surface area contributed by atoms with Crippen molar-refractivity contribution in [3.63, 3.8) is 0 Å². The Hall–Kier alpha value is -2.71. The van der Waals surface area contributed by atoms with Crippen LogP contribution in [-0.2, 0) is 19.6 Å². The Balaban J connectivity index is 1.65. The summed E-state index contributed by atoms with van der Waals surface area (Å²) in [5.41, 5.74) is 4.69. The van der Waals surface area contributed by atoms with E-state index in [4.69, 9.17) is 0 Å². The van der Waals surface area contributed by atoms with Gasteiger partial charge in [-0.3, -0.25) is 9.59 Å². The van der Waals surface area contributed by atoms with E-state index in [0.717, 1.165) is 27.9 Å². The van der Waals surface area contributed by atoms with Crippen molar-refractivity contribution in [2.45, 2.75) is 51.5 Å². The van der Waals surface area contributed by atoms with Crippen molar-refractivity contribution in [1.29, 1.82) is 0 Å². The van der Waals surface area contributed by atoms with Gasteiger partial charge in [-0.25, -0.2) is 8.42 Å². The average Bonchev–Trinajstić information content (AvgIpc) is 3.20. The molecule has 1 atom stereocenters. The molecule has 2 amide bonds. The molecule has 0 aliphatic carbocycles. The van der Waals surface area contributed by atoms with E-state index in [9.17, 15) is 18.0 Å². The maximum Gasteiger partial charge on any atom is 0.243 e. The maximum atomic E-state index is 13.0. The summed E-state index contributed by atoms with van der Waals surface area (Å²) in [5, 5.41) is 5.44. The number of hydrogen-bond donors (Lipinski definition) is 2. The van der Waals surface area contributed by atoms with E-state index in [1.54, 1.807) is 24.3 Å². The van der Waals surface area contributed by atoms with E-state index in [0.29, 0.717) is 12.8 Å². The van der Waals surface area contributed by atoms with Gasteiger partial charge < -0.3 is 10.6 Å². The Morgan fingerprint density at radius 3 is 2.23 bits per heavy atom. The molecule has 2 N–H and O–H groups in total. The second-order valence-corrected chi connectivity index (χ2v) is 10.0. The number of rotatable bonds is 6. The van der Waals surface area contributed by atoms with Crippen LogP contribution in [-0.4, -0.2) is 43.7 Å². The number of aryl methyl sites for hydroxylation is 4. The number of hydrogen-bond acceptors (Lipinski definition) is 4. The van der Waals surface area contributed by atoms with Crippen molar-refractivity contribution < 1.29 is 18.0 Å². The van der Waals surface area contributed by atoms with Crippen LogP contribution in [0.25, 0.3) is 0 Å². The molecule has 1 unspecified atom stereocenters. The van der Waals surface area contributed by atoms with Gasteiger partial charge in [0.15, 0.2) is 0 Å². The quantitative estimate of drug-likeness (QED) is 0.718. The fourth-order valence-electron chi connectivity index (χ4n) is 3.98. The lowest BCUT2D eigenvalue weighted by atomic mass is 10.1. The Morgan fingerprint density at radius 1 is 1.00 bits per heavy atom. The SMILES string of the molecule is Cc1ccc(S(=O)(=O)N2CCCC2C(=O)NCC(=O)Nc2c(C)cc(C)cc2C)cc1. The predicted molar refractivity (Wildman–Crippen MR) is 120 cm³/mol. The van der Waals surface area contributed by atoms with Crippen LogP contribution in [0.15, 0.2) is 41.3 Å². The van der Waals surface area contributed by atoms with E-state index in [2.05, 4.69) is 10.6 Å². The molecule has 1 fully saturated rings. The highest BCUT2D eigenvalue weighted by Crippen LogP contribution is 2.26.